The van der Waals surface area contributed by atoms with Gasteiger partial charge in [0.1, 0.15) is 0 Å². The van der Waals surface area contributed by atoms with Crippen molar-refractivity contribution in [2.24, 2.45) is 0 Å². The summed E-state index contributed by atoms with van der Waals surface area (Å²) in [6, 6.07) is 0. The first kappa shape index (κ1) is 22.4. The maximum absolute atomic E-state index is 8.70. The van der Waals surface area contributed by atoms with Gasteiger partial charge in [0, 0.05) is 11.9 Å². The molecule has 0 aliphatic rings. The lowest BCUT2D eigenvalue weighted by atomic mass is 10.0. The van der Waals surface area contributed by atoms with Crippen LogP contribution in [0, 0.1) is 0 Å². The molecule has 2 heteroatoms. The Morgan fingerprint density at radius 1 is 0.364 bits per heavy atom. The van der Waals surface area contributed by atoms with Crippen LogP contribution in [0.1, 0.15) is 116 Å². The van der Waals surface area contributed by atoms with E-state index >= 15 is 0 Å². The van der Waals surface area contributed by atoms with Crippen LogP contribution in [0.2, 0.25) is 0 Å². The van der Waals surface area contributed by atoms with Gasteiger partial charge in [0.25, 0.3) is 0 Å². The van der Waals surface area contributed by atoms with Crippen molar-refractivity contribution in [1.82, 2.24) is 0 Å². The van der Waals surface area contributed by atoms with Crippen LogP contribution in [-0.4, -0.2) is 17.0 Å². The van der Waals surface area contributed by atoms with E-state index in [1.54, 1.807) is 0 Å². The van der Waals surface area contributed by atoms with E-state index in [1.807, 2.05) is 0 Å². The lowest BCUT2D eigenvalue weighted by Crippen LogP contribution is -1.85. The topological polar surface area (TPSA) is 20.2 Å². The van der Waals surface area contributed by atoms with Gasteiger partial charge in [-0.25, -0.2) is 0 Å². The summed E-state index contributed by atoms with van der Waals surface area (Å²) >= 11 is 3.49. The fourth-order valence-electron chi connectivity index (χ4n) is 3.03. The third-order valence-corrected chi connectivity index (χ3v) is 5.10. The van der Waals surface area contributed by atoms with Gasteiger partial charge in [-0.2, -0.15) is 0 Å². The Balaban J connectivity index is 2.91. The number of hydrogen-bond acceptors (Lipinski definition) is 1. The monoisotopic (exact) mass is 376 g/mol. The number of aliphatic hydroxyl groups is 1. The average molecular weight is 377 g/mol. The molecule has 0 spiro atoms. The zero-order chi connectivity index (χ0) is 16.1. The number of hydrogen-bond donors (Lipinski definition) is 1. The highest BCUT2D eigenvalue weighted by Gasteiger charge is 1.95. The maximum atomic E-state index is 8.70. The molecule has 0 aliphatic carbocycles. The fraction of sp³-hybridized carbons (Fsp3) is 1.00. The SMILES string of the molecule is OCCCCCCCCCCCCCCCCCCCCBr. The van der Waals surface area contributed by atoms with E-state index in [4.69, 9.17) is 5.11 Å². The molecular weight excluding hydrogens is 336 g/mol. The molecule has 1 nitrogen and oxygen atoms in total. The first-order valence-corrected chi connectivity index (χ1v) is 11.2. The molecule has 0 aliphatic heterocycles. The molecule has 0 radical (unpaired) electrons. The van der Waals surface area contributed by atoms with Gasteiger partial charge < -0.3 is 5.11 Å². The fourth-order valence-corrected chi connectivity index (χ4v) is 3.43. The summed E-state index contributed by atoms with van der Waals surface area (Å²) < 4.78 is 0. The minimum Gasteiger partial charge on any atom is -0.396 e. The highest BCUT2D eigenvalue weighted by Crippen LogP contribution is 2.14. The first-order chi connectivity index (χ1) is 10.9. The van der Waals surface area contributed by atoms with E-state index in [0.29, 0.717) is 6.61 Å². The van der Waals surface area contributed by atoms with Crippen molar-refractivity contribution in [3.05, 3.63) is 0 Å². The van der Waals surface area contributed by atoms with Crippen LogP contribution in [-0.2, 0) is 0 Å². The first-order valence-electron chi connectivity index (χ1n) is 10.1. The summed E-state index contributed by atoms with van der Waals surface area (Å²) in [5.74, 6) is 0. The molecule has 0 fully saturated rings. The number of halogens is 1. The van der Waals surface area contributed by atoms with Crippen molar-refractivity contribution in [3.63, 3.8) is 0 Å². The van der Waals surface area contributed by atoms with E-state index < -0.39 is 0 Å². The van der Waals surface area contributed by atoms with Crippen LogP contribution in [0.25, 0.3) is 0 Å². The molecule has 134 valence electrons. The van der Waals surface area contributed by atoms with E-state index in [9.17, 15) is 0 Å². The Hall–Kier alpha value is 0.440. The van der Waals surface area contributed by atoms with Gasteiger partial charge in [-0.1, -0.05) is 119 Å². The molecule has 0 aromatic carbocycles. The third-order valence-electron chi connectivity index (χ3n) is 4.54. The Morgan fingerprint density at radius 2 is 0.591 bits per heavy atom. The second-order valence-electron chi connectivity index (χ2n) is 6.78. The highest BCUT2D eigenvalue weighted by molar-refractivity contribution is 9.09. The molecular formula is C20H41BrO. The predicted octanol–water partition coefficient (Wildman–Crippen LogP) is 7.40. The molecule has 0 atom stereocenters. The largest absolute Gasteiger partial charge is 0.396 e. The smallest absolute Gasteiger partial charge is 0.0431 e. The Kier molecular flexibility index (Phi) is 21.9. The van der Waals surface area contributed by atoms with Crippen molar-refractivity contribution >= 4 is 15.9 Å². The Labute approximate surface area is 148 Å². The molecule has 0 amide bonds. The minimum atomic E-state index is 0.372. The van der Waals surface area contributed by atoms with Gasteiger partial charge in [0.05, 0.1) is 0 Å². The van der Waals surface area contributed by atoms with E-state index in [0.717, 1.165) is 6.42 Å². The molecule has 0 saturated heterocycles. The number of alkyl halides is 1. The van der Waals surface area contributed by atoms with Gasteiger partial charge in [0.2, 0.25) is 0 Å². The standard InChI is InChI=1S/C20H41BrO/c21-19-17-15-13-11-9-7-5-3-1-2-4-6-8-10-12-14-16-18-20-22/h22H,1-20H2. The van der Waals surface area contributed by atoms with Crippen molar-refractivity contribution in [2.75, 3.05) is 11.9 Å². The van der Waals surface area contributed by atoms with Gasteiger partial charge in [-0.15, -0.1) is 0 Å². The Bertz CT molecular complexity index is 165. The molecule has 0 bridgehead atoms. The van der Waals surface area contributed by atoms with Gasteiger partial charge in [0.15, 0.2) is 0 Å². The molecule has 0 aromatic rings. The highest BCUT2D eigenvalue weighted by atomic mass is 79.9. The van der Waals surface area contributed by atoms with Crippen molar-refractivity contribution in [1.29, 1.82) is 0 Å². The summed E-state index contributed by atoms with van der Waals surface area (Å²) in [7, 11) is 0. The third kappa shape index (κ3) is 20.4. The summed E-state index contributed by atoms with van der Waals surface area (Å²) in [5, 5.41) is 9.88. The summed E-state index contributed by atoms with van der Waals surface area (Å²) in [6.07, 6.45) is 25.0. The summed E-state index contributed by atoms with van der Waals surface area (Å²) in [5.41, 5.74) is 0. The Morgan fingerprint density at radius 3 is 0.818 bits per heavy atom. The molecule has 0 heterocycles. The summed E-state index contributed by atoms with van der Waals surface area (Å²) in [4.78, 5) is 0. The molecule has 22 heavy (non-hydrogen) atoms. The molecule has 0 aromatic heterocycles. The van der Waals surface area contributed by atoms with Crippen molar-refractivity contribution in [2.45, 2.75) is 116 Å². The van der Waals surface area contributed by atoms with Crippen LogP contribution < -0.4 is 0 Å². The van der Waals surface area contributed by atoms with Gasteiger partial charge >= 0.3 is 0 Å². The lowest BCUT2D eigenvalue weighted by Gasteiger charge is -2.03. The summed E-state index contributed by atoms with van der Waals surface area (Å²) in [6.45, 7) is 0.372. The van der Waals surface area contributed by atoms with Crippen molar-refractivity contribution < 1.29 is 5.11 Å². The number of unbranched alkanes of at least 4 members (excludes halogenated alkanes) is 17. The quantitative estimate of drug-likeness (QED) is 0.184. The van der Waals surface area contributed by atoms with Gasteiger partial charge in [-0.05, 0) is 12.8 Å². The lowest BCUT2D eigenvalue weighted by molar-refractivity contribution is 0.282. The second kappa shape index (κ2) is 21.4. The van der Waals surface area contributed by atoms with Crippen molar-refractivity contribution in [3.8, 4) is 0 Å². The predicted molar refractivity (Wildman–Crippen MR) is 104 cm³/mol. The second-order valence-corrected chi connectivity index (χ2v) is 7.57. The van der Waals surface area contributed by atoms with E-state index in [2.05, 4.69) is 15.9 Å². The van der Waals surface area contributed by atoms with E-state index in [-0.39, 0.29) is 0 Å². The van der Waals surface area contributed by atoms with Crippen LogP contribution in [0.5, 0.6) is 0 Å². The zero-order valence-electron chi connectivity index (χ0n) is 15.0. The average Bonchev–Trinajstić information content (AvgIpc) is 2.54. The molecule has 0 unspecified atom stereocenters. The molecule has 0 saturated carbocycles. The van der Waals surface area contributed by atoms with Crippen LogP contribution >= 0.6 is 15.9 Å². The number of rotatable bonds is 19. The maximum Gasteiger partial charge on any atom is 0.0431 e. The van der Waals surface area contributed by atoms with Crippen LogP contribution in [0.3, 0.4) is 0 Å². The minimum absolute atomic E-state index is 0.372. The van der Waals surface area contributed by atoms with Crippen LogP contribution in [0.15, 0.2) is 0 Å². The normalized spacial score (nSPS) is 11.2. The van der Waals surface area contributed by atoms with Gasteiger partial charge in [-0.3, -0.25) is 0 Å². The number of aliphatic hydroxyl groups excluding tert-OH is 1. The molecule has 1 N–H and O–H groups in total. The van der Waals surface area contributed by atoms with Crippen LogP contribution in [0.4, 0.5) is 0 Å². The zero-order valence-corrected chi connectivity index (χ0v) is 16.6. The molecule has 0 rings (SSSR count). The van der Waals surface area contributed by atoms with E-state index in [1.165, 1.54) is 114 Å².